The monoisotopic (exact) mass is 282 g/mol. The summed E-state index contributed by atoms with van der Waals surface area (Å²) < 4.78 is 5.80. The lowest BCUT2D eigenvalue weighted by Gasteiger charge is -2.18. The van der Waals surface area contributed by atoms with Gasteiger partial charge in [-0.1, -0.05) is 24.3 Å². The summed E-state index contributed by atoms with van der Waals surface area (Å²) in [5.41, 5.74) is 7.63. The summed E-state index contributed by atoms with van der Waals surface area (Å²) in [4.78, 5) is 23.4. The minimum Gasteiger partial charge on any atom is -0.457 e. The maximum absolute atomic E-state index is 12.0. The highest BCUT2D eigenvalue weighted by atomic mass is 16.5. The number of fused-ring (bicyclic) bond motifs is 1. The topological polar surface area (TPSA) is 81.4 Å². The van der Waals surface area contributed by atoms with Crippen molar-refractivity contribution >= 4 is 11.8 Å². The summed E-state index contributed by atoms with van der Waals surface area (Å²) in [6.45, 7) is 0.416. The summed E-state index contributed by atoms with van der Waals surface area (Å²) in [5.74, 6) is 0.323. The number of amides is 2. The third-order valence-corrected chi connectivity index (χ3v) is 3.31. The molecule has 2 aromatic rings. The molecule has 2 aromatic carbocycles. The molecule has 3 N–H and O–H groups in total. The lowest BCUT2D eigenvalue weighted by atomic mass is 9.99. The van der Waals surface area contributed by atoms with E-state index in [1.807, 2.05) is 18.2 Å². The highest BCUT2D eigenvalue weighted by molar-refractivity contribution is 6.11. The molecular formula is C16H14N2O3. The first-order valence-electron chi connectivity index (χ1n) is 6.60. The molecule has 5 heteroatoms. The van der Waals surface area contributed by atoms with E-state index < -0.39 is 5.91 Å². The number of imide groups is 1. The van der Waals surface area contributed by atoms with E-state index in [1.54, 1.807) is 24.3 Å². The maximum Gasteiger partial charge on any atom is 0.261 e. The first kappa shape index (κ1) is 13.3. The third-order valence-electron chi connectivity index (χ3n) is 3.31. The zero-order valence-electron chi connectivity index (χ0n) is 11.3. The van der Waals surface area contributed by atoms with Crippen molar-refractivity contribution < 1.29 is 14.3 Å². The Morgan fingerprint density at radius 3 is 2.76 bits per heavy atom. The molecule has 0 saturated carbocycles. The molecule has 0 bridgehead atoms. The standard InChI is InChI=1S/C16H14N2O3/c17-9-10-3-1-5-12(7-10)21-13-6-2-4-11-8-14(19)18-16(20)15(11)13/h1-7H,8-9,17H2,(H,18,19,20). The fourth-order valence-electron chi connectivity index (χ4n) is 2.34. The van der Waals surface area contributed by atoms with Crippen LogP contribution in [0.4, 0.5) is 0 Å². The summed E-state index contributed by atoms with van der Waals surface area (Å²) in [6, 6.07) is 12.6. The van der Waals surface area contributed by atoms with Gasteiger partial charge in [-0.15, -0.1) is 0 Å². The molecule has 5 nitrogen and oxygen atoms in total. The van der Waals surface area contributed by atoms with E-state index in [9.17, 15) is 9.59 Å². The van der Waals surface area contributed by atoms with Crippen LogP contribution in [-0.2, 0) is 17.8 Å². The minimum atomic E-state index is -0.424. The van der Waals surface area contributed by atoms with Crippen LogP contribution >= 0.6 is 0 Å². The second kappa shape index (κ2) is 5.38. The molecule has 21 heavy (non-hydrogen) atoms. The molecule has 2 amide bonds. The number of hydrogen-bond acceptors (Lipinski definition) is 4. The molecule has 1 aliphatic rings. The maximum atomic E-state index is 12.0. The molecule has 0 aliphatic carbocycles. The Balaban J connectivity index is 1.98. The normalized spacial score (nSPS) is 13.6. The van der Waals surface area contributed by atoms with Crippen molar-refractivity contribution in [1.29, 1.82) is 0 Å². The molecule has 0 spiro atoms. The van der Waals surface area contributed by atoms with E-state index in [0.717, 1.165) is 5.56 Å². The van der Waals surface area contributed by atoms with E-state index in [1.165, 1.54) is 0 Å². The van der Waals surface area contributed by atoms with E-state index in [2.05, 4.69) is 5.32 Å². The molecule has 0 radical (unpaired) electrons. The van der Waals surface area contributed by atoms with Gasteiger partial charge in [0.05, 0.1) is 12.0 Å². The highest BCUT2D eigenvalue weighted by Crippen LogP contribution is 2.30. The molecule has 0 atom stereocenters. The van der Waals surface area contributed by atoms with Gasteiger partial charge in [0.15, 0.2) is 0 Å². The smallest absolute Gasteiger partial charge is 0.261 e. The van der Waals surface area contributed by atoms with Gasteiger partial charge in [0.25, 0.3) is 5.91 Å². The molecule has 3 rings (SSSR count). The second-order valence-corrected chi connectivity index (χ2v) is 4.80. The van der Waals surface area contributed by atoms with Crippen molar-refractivity contribution in [3.05, 3.63) is 59.2 Å². The number of ether oxygens (including phenoxy) is 1. The summed E-state index contributed by atoms with van der Waals surface area (Å²) in [6.07, 6.45) is 0.182. The van der Waals surface area contributed by atoms with Crippen molar-refractivity contribution in [3.63, 3.8) is 0 Å². The molecule has 106 valence electrons. The van der Waals surface area contributed by atoms with Crippen molar-refractivity contribution in [1.82, 2.24) is 5.32 Å². The Labute approximate surface area is 121 Å². The van der Waals surface area contributed by atoms with Crippen LogP contribution in [0.15, 0.2) is 42.5 Å². The van der Waals surface area contributed by atoms with Crippen LogP contribution in [0.2, 0.25) is 0 Å². The Hall–Kier alpha value is -2.66. The molecule has 0 unspecified atom stereocenters. The molecule has 0 aromatic heterocycles. The van der Waals surface area contributed by atoms with Gasteiger partial charge in [-0.05, 0) is 29.3 Å². The summed E-state index contributed by atoms with van der Waals surface area (Å²) in [7, 11) is 0. The molecule has 0 saturated heterocycles. The number of nitrogens with two attached hydrogens (primary N) is 1. The van der Waals surface area contributed by atoms with Gasteiger partial charge in [-0.2, -0.15) is 0 Å². The Kier molecular flexibility index (Phi) is 3.41. The number of benzene rings is 2. The van der Waals surface area contributed by atoms with E-state index in [-0.39, 0.29) is 12.3 Å². The van der Waals surface area contributed by atoms with Crippen LogP contribution in [0, 0.1) is 0 Å². The first-order chi connectivity index (χ1) is 10.2. The average molecular weight is 282 g/mol. The lowest BCUT2D eigenvalue weighted by Crippen LogP contribution is -2.37. The van der Waals surface area contributed by atoms with Gasteiger partial charge in [-0.25, -0.2) is 0 Å². The van der Waals surface area contributed by atoms with Crippen LogP contribution < -0.4 is 15.8 Å². The third kappa shape index (κ3) is 2.64. The Bertz CT molecular complexity index is 725. The molecule has 1 heterocycles. The molecular weight excluding hydrogens is 268 g/mol. The summed E-state index contributed by atoms with van der Waals surface area (Å²) >= 11 is 0. The number of hydrogen-bond donors (Lipinski definition) is 2. The van der Waals surface area contributed by atoms with Crippen LogP contribution in [0.25, 0.3) is 0 Å². The number of nitrogens with one attached hydrogen (secondary N) is 1. The van der Waals surface area contributed by atoms with Crippen molar-refractivity contribution in [2.45, 2.75) is 13.0 Å². The summed E-state index contributed by atoms with van der Waals surface area (Å²) in [5, 5.41) is 2.31. The van der Waals surface area contributed by atoms with Gasteiger partial charge in [-0.3, -0.25) is 14.9 Å². The van der Waals surface area contributed by atoms with Gasteiger partial charge in [0.2, 0.25) is 5.91 Å². The minimum absolute atomic E-state index is 0.182. The van der Waals surface area contributed by atoms with E-state index in [4.69, 9.17) is 10.5 Å². The van der Waals surface area contributed by atoms with Gasteiger partial charge in [0.1, 0.15) is 11.5 Å². The molecule has 1 aliphatic heterocycles. The predicted octanol–water partition coefficient (Wildman–Crippen LogP) is 1.75. The quantitative estimate of drug-likeness (QED) is 0.840. The number of carbonyl (C=O) groups is 2. The number of rotatable bonds is 3. The van der Waals surface area contributed by atoms with Crippen LogP contribution in [0.1, 0.15) is 21.5 Å². The van der Waals surface area contributed by atoms with Gasteiger partial charge in [0, 0.05) is 6.54 Å². The predicted molar refractivity (Wildman–Crippen MR) is 77.0 cm³/mol. The van der Waals surface area contributed by atoms with Crippen LogP contribution in [0.3, 0.4) is 0 Å². The Morgan fingerprint density at radius 1 is 1.14 bits per heavy atom. The van der Waals surface area contributed by atoms with Gasteiger partial charge >= 0.3 is 0 Å². The van der Waals surface area contributed by atoms with Crippen molar-refractivity contribution in [2.24, 2.45) is 5.73 Å². The fraction of sp³-hybridized carbons (Fsp3) is 0.125. The van der Waals surface area contributed by atoms with E-state index >= 15 is 0 Å². The fourth-order valence-corrected chi connectivity index (χ4v) is 2.34. The zero-order chi connectivity index (χ0) is 14.8. The SMILES string of the molecule is NCc1cccc(Oc2cccc3c2C(=O)NC(=O)C3)c1. The molecule has 0 fully saturated rings. The van der Waals surface area contributed by atoms with Crippen molar-refractivity contribution in [3.8, 4) is 11.5 Å². The van der Waals surface area contributed by atoms with Gasteiger partial charge < -0.3 is 10.5 Å². The second-order valence-electron chi connectivity index (χ2n) is 4.80. The van der Waals surface area contributed by atoms with E-state index in [0.29, 0.717) is 29.2 Å². The van der Waals surface area contributed by atoms with Crippen LogP contribution in [-0.4, -0.2) is 11.8 Å². The largest absolute Gasteiger partial charge is 0.457 e. The first-order valence-corrected chi connectivity index (χ1v) is 6.60. The van der Waals surface area contributed by atoms with Crippen molar-refractivity contribution in [2.75, 3.05) is 0 Å². The Morgan fingerprint density at radius 2 is 1.95 bits per heavy atom. The lowest BCUT2D eigenvalue weighted by molar-refractivity contribution is -0.119. The highest BCUT2D eigenvalue weighted by Gasteiger charge is 2.25. The van der Waals surface area contributed by atoms with Crippen LogP contribution in [0.5, 0.6) is 11.5 Å². The zero-order valence-corrected chi connectivity index (χ0v) is 11.3. The average Bonchev–Trinajstić information content (AvgIpc) is 2.47. The number of carbonyl (C=O) groups excluding carboxylic acids is 2.